The van der Waals surface area contributed by atoms with Gasteiger partial charge < -0.3 is 14.4 Å². The molecule has 6 heteroatoms. The molecule has 6 nitrogen and oxygen atoms in total. The average molecular weight is 363 g/mol. The van der Waals surface area contributed by atoms with Gasteiger partial charge in [-0.1, -0.05) is 37.3 Å². The number of rotatable bonds is 5. The van der Waals surface area contributed by atoms with Crippen molar-refractivity contribution < 1.29 is 4.79 Å². The molecule has 1 aliphatic rings. The van der Waals surface area contributed by atoms with E-state index < -0.39 is 0 Å². The van der Waals surface area contributed by atoms with E-state index in [1.807, 2.05) is 19.1 Å². The van der Waals surface area contributed by atoms with E-state index in [0.29, 0.717) is 6.42 Å². The number of nitrogens with zero attached hydrogens (tertiary/aromatic N) is 5. The minimum Gasteiger partial charge on any atom is -0.342 e. The number of anilines is 2. The van der Waals surface area contributed by atoms with Gasteiger partial charge >= 0.3 is 0 Å². The molecule has 3 heterocycles. The summed E-state index contributed by atoms with van der Waals surface area (Å²) in [6.07, 6.45) is 4.60. The van der Waals surface area contributed by atoms with Crippen molar-refractivity contribution in [1.82, 2.24) is 14.5 Å². The first-order chi connectivity index (χ1) is 13.2. The highest BCUT2D eigenvalue weighted by Crippen LogP contribution is 2.28. The van der Waals surface area contributed by atoms with Crippen LogP contribution in [-0.2, 0) is 11.3 Å². The fourth-order valence-electron chi connectivity index (χ4n) is 3.63. The zero-order valence-corrected chi connectivity index (χ0v) is 15.9. The number of carbonyl (C=O) groups excluding carboxylic acids is 1. The normalized spacial score (nSPS) is 14.1. The number of benzene rings is 1. The number of hydrogen-bond acceptors (Lipinski definition) is 4. The maximum absolute atomic E-state index is 12.1. The molecule has 1 aliphatic heterocycles. The smallest absolute Gasteiger partial charge is 0.226 e. The van der Waals surface area contributed by atoms with E-state index in [0.717, 1.165) is 42.4 Å². The second-order valence-electron chi connectivity index (χ2n) is 7.02. The lowest BCUT2D eigenvalue weighted by molar-refractivity contribution is -0.118. The van der Waals surface area contributed by atoms with Gasteiger partial charge in [-0.3, -0.25) is 4.79 Å². The molecule has 140 valence electrons. The molecule has 0 aliphatic carbocycles. The SMILES string of the molecule is CCC(=O)N(C)c1cnc2nc(N3CCCC3)n(Cc3ccccc3)c2c1. The van der Waals surface area contributed by atoms with E-state index in [2.05, 4.69) is 38.7 Å². The summed E-state index contributed by atoms with van der Waals surface area (Å²) >= 11 is 0. The molecule has 0 bridgehead atoms. The molecule has 4 rings (SSSR count). The van der Waals surface area contributed by atoms with E-state index in [4.69, 9.17) is 4.98 Å². The van der Waals surface area contributed by atoms with Gasteiger partial charge in [0, 0.05) is 26.6 Å². The lowest BCUT2D eigenvalue weighted by atomic mass is 10.2. The first-order valence-electron chi connectivity index (χ1n) is 9.59. The predicted molar refractivity (Wildman–Crippen MR) is 108 cm³/mol. The molecule has 3 aromatic rings. The van der Waals surface area contributed by atoms with Gasteiger partial charge in [-0.15, -0.1) is 0 Å². The highest BCUT2D eigenvalue weighted by Gasteiger charge is 2.22. The van der Waals surface area contributed by atoms with Crippen molar-refractivity contribution in [2.75, 3.05) is 29.9 Å². The summed E-state index contributed by atoms with van der Waals surface area (Å²) in [6.45, 7) is 4.66. The highest BCUT2D eigenvalue weighted by molar-refractivity contribution is 5.94. The van der Waals surface area contributed by atoms with Gasteiger partial charge in [0.15, 0.2) is 5.65 Å². The van der Waals surface area contributed by atoms with Crippen LogP contribution < -0.4 is 9.80 Å². The Balaban J connectivity index is 1.81. The van der Waals surface area contributed by atoms with E-state index in [-0.39, 0.29) is 5.91 Å². The summed E-state index contributed by atoms with van der Waals surface area (Å²) in [5.41, 5.74) is 3.72. The van der Waals surface area contributed by atoms with Crippen molar-refractivity contribution in [3.05, 3.63) is 48.2 Å². The van der Waals surface area contributed by atoms with Gasteiger partial charge in [0.2, 0.25) is 11.9 Å². The maximum Gasteiger partial charge on any atom is 0.226 e. The molecule has 27 heavy (non-hydrogen) atoms. The van der Waals surface area contributed by atoms with Gasteiger partial charge in [0.05, 0.1) is 23.9 Å². The van der Waals surface area contributed by atoms with Crippen molar-refractivity contribution in [3.8, 4) is 0 Å². The topological polar surface area (TPSA) is 54.3 Å². The minimum absolute atomic E-state index is 0.0741. The molecule has 1 aromatic carbocycles. The van der Waals surface area contributed by atoms with Crippen LogP contribution in [0.2, 0.25) is 0 Å². The van der Waals surface area contributed by atoms with Gasteiger partial charge in [-0.25, -0.2) is 4.98 Å². The van der Waals surface area contributed by atoms with E-state index in [1.54, 1.807) is 18.1 Å². The quantitative estimate of drug-likeness (QED) is 0.697. The third-order valence-corrected chi connectivity index (χ3v) is 5.21. The summed E-state index contributed by atoms with van der Waals surface area (Å²) in [6, 6.07) is 12.4. The van der Waals surface area contributed by atoms with Crippen LogP contribution in [0.5, 0.6) is 0 Å². The van der Waals surface area contributed by atoms with Crippen molar-refractivity contribution in [2.24, 2.45) is 0 Å². The molecular formula is C21H25N5O. The molecule has 0 N–H and O–H groups in total. The van der Waals surface area contributed by atoms with Crippen molar-refractivity contribution in [2.45, 2.75) is 32.7 Å². The summed E-state index contributed by atoms with van der Waals surface area (Å²) in [4.78, 5) is 25.5. The number of carbonyl (C=O) groups is 1. The monoisotopic (exact) mass is 363 g/mol. The summed E-state index contributed by atoms with van der Waals surface area (Å²) in [5.74, 6) is 1.05. The maximum atomic E-state index is 12.1. The second-order valence-corrected chi connectivity index (χ2v) is 7.02. The molecule has 0 atom stereocenters. The Morgan fingerprint density at radius 3 is 2.63 bits per heavy atom. The number of amides is 1. The Bertz CT molecular complexity index is 944. The Morgan fingerprint density at radius 1 is 1.19 bits per heavy atom. The number of imidazole rings is 1. The third-order valence-electron chi connectivity index (χ3n) is 5.21. The van der Waals surface area contributed by atoms with Crippen LogP contribution in [-0.4, -0.2) is 40.6 Å². The van der Waals surface area contributed by atoms with Crippen molar-refractivity contribution in [1.29, 1.82) is 0 Å². The standard InChI is InChI=1S/C21H25N5O/c1-3-19(27)24(2)17-13-18-20(22-14-17)23-21(25-11-7-8-12-25)26(18)15-16-9-5-4-6-10-16/h4-6,9-10,13-14H,3,7-8,11-12,15H2,1-2H3. The minimum atomic E-state index is 0.0741. The summed E-state index contributed by atoms with van der Waals surface area (Å²) < 4.78 is 2.23. The van der Waals surface area contributed by atoms with Crippen molar-refractivity contribution in [3.63, 3.8) is 0 Å². The fourth-order valence-corrected chi connectivity index (χ4v) is 3.63. The zero-order valence-electron chi connectivity index (χ0n) is 15.9. The molecule has 2 aromatic heterocycles. The van der Waals surface area contributed by atoms with Crippen LogP contribution in [0.15, 0.2) is 42.6 Å². The Labute approximate surface area is 159 Å². The molecule has 1 amide bonds. The Morgan fingerprint density at radius 2 is 1.93 bits per heavy atom. The molecule has 1 saturated heterocycles. The lowest BCUT2D eigenvalue weighted by Crippen LogP contribution is -2.25. The molecule has 1 fully saturated rings. The molecule has 0 saturated carbocycles. The first-order valence-corrected chi connectivity index (χ1v) is 9.59. The number of pyridine rings is 1. The van der Waals surface area contributed by atoms with Gasteiger partial charge in [-0.2, -0.15) is 4.98 Å². The number of hydrogen-bond donors (Lipinski definition) is 0. The number of fused-ring (bicyclic) bond motifs is 1. The van der Waals surface area contributed by atoms with E-state index in [9.17, 15) is 4.79 Å². The lowest BCUT2D eigenvalue weighted by Gasteiger charge is -2.19. The molecular weight excluding hydrogens is 338 g/mol. The summed E-state index contributed by atoms with van der Waals surface area (Å²) in [5, 5.41) is 0. The van der Waals surface area contributed by atoms with E-state index in [1.165, 1.54) is 18.4 Å². The Kier molecular flexibility index (Phi) is 4.79. The fraction of sp³-hybridized carbons (Fsp3) is 0.381. The van der Waals surface area contributed by atoms with Crippen LogP contribution in [0, 0.1) is 0 Å². The molecule has 0 spiro atoms. The van der Waals surface area contributed by atoms with Gasteiger partial charge in [-0.05, 0) is 24.5 Å². The second kappa shape index (κ2) is 7.39. The zero-order chi connectivity index (χ0) is 18.8. The largest absolute Gasteiger partial charge is 0.342 e. The van der Waals surface area contributed by atoms with Crippen LogP contribution in [0.1, 0.15) is 31.7 Å². The molecule has 0 radical (unpaired) electrons. The van der Waals surface area contributed by atoms with Crippen LogP contribution in [0.25, 0.3) is 11.2 Å². The van der Waals surface area contributed by atoms with Crippen LogP contribution in [0.4, 0.5) is 11.6 Å². The Hall–Kier alpha value is -2.89. The summed E-state index contributed by atoms with van der Waals surface area (Å²) in [7, 11) is 1.80. The highest BCUT2D eigenvalue weighted by atomic mass is 16.2. The van der Waals surface area contributed by atoms with E-state index >= 15 is 0 Å². The number of aromatic nitrogens is 3. The van der Waals surface area contributed by atoms with Crippen LogP contribution in [0.3, 0.4) is 0 Å². The first kappa shape index (κ1) is 17.5. The van der Waals surface area contributed by atoms with Crippen molar-refractivity contribution >= 4 is 28.7 Å². The van der Waals surface area contributed by atoms with Crippen LogP contribution >= 0.6 is 0 Å². The predicted octanol–water partition coefficient (Wildman–Crippen LogP) is 3.45. The molecule has 0 unspecified atom stereocenters. The van der Waals surface area contributed by atoms with Gasteiger partial charge in [0.1, 0.15) is 0 Å². The van der Waals surface area contributed by atoms with Gasteiger partial charge in [0.25, 0.3) is 0 Å². The average Bonchev–Trinajstić information content (AvgIpc) is 3.35. The third kappa shape index (κ3) is 3.39.